The smallest absolute Gasteiger partial charge is 0.610 e. The monoisotopic (exact) mass is 226 g/mol. The van der Waals surface area contributed by atoms with Crippen LogP contribution >= 0.6 is 0 Å². The van der Waals surface area contributed by atoms with E-state index in [-0.39, 0.29) is 30.9 Å². The van der Waals surface area contributed by atoms with Gasteiger partial charge >= 0.3 is 18.9 Å². The summed E-state index contributed by atoms with van der Waals surface area (Å²) in [5, 5.41) is 11.5. The van der Waals surface area contributed by atoms with Crippen LogP contribution in [-0.4, -0.2) is 6.10 Å². The van der Waals surface area contributed by atoms with Crippen LogP contribution in [0.25, 0.3) is 0 Å². The molecule has 0 fully saturated rings. The summed E-state index contributed by atoms with van der Waals surface area (Å²) in [6, 6.07) is 9.90. The van der Waals surface area contributed by atoms with E-state index in [1.807, 2.05) is 44.2 Å². The Morgan fingerprint density at radius 1 is 1.24 bits per heavy atom. The molecule has 0 saturated heterocycles. The zero-order chi connectivity index (χ0) is 11.8. The summed E-state index contributed by atoms with van der Waals surface area (Å²) in [4.78, 5) is 0. The van der Waals surface area contributed by atoms with Crippen molar-refractivity contribution in [2.24, 2.45) is 0 Å². The second-order valence-electron chi connectivity index (χ2n) is 3.77. The molecule has 1 aromatic carbocycles. The first-order chi connectivity index (χ1) is 7.76. The van der Waals surface area contributed by atoms with Crippen LogP contribution < -0.4 is 24.0 Å². The predicted molar refractivity (Wildman–Crippen MR) is 63.7 cm³/mol. The molecule has 0 atom stereocenters. The molecule has 2 nitrogen and oxygen atoms in total. The van der Waals surface area contributed by atoms with Gasteiger partial charge in [0.25, 0.3) is 0 Å². The molecule has 0 spiro atoms. The van der Waals surface area contributed by atoms with Crippen LogP contribution in [0.15, 0.2) is 42.4 Å². The minimum absolute atomic E-state index is 0. The third kappa shape index (κ3) is 6.46. The van der Waals surface area contributed by atoms with Gasteiger partial charge in [0.05, 0.1) is 0 Å². The molecule has 0 radical (unpaired) electrons. The summed E-state index contributed by atoms with van der Waals surface area (Å²) in [5.74, 6) is -0.211. The van der Waals surface area contributed by atoms with Gasteiger partial charge in [-0.1, -0.05) is 50.3 Å². The number of rotatable bonds is 6. The molecular formula is C14H19LiO2. The fourth-order valence-electron chi connectivity index (χ4n) is 1.48. The van der Waals surface area contributed by atoms with E-state index in [9.17, 15) is 5.11 Å². The SMILES string of the molecule is CCC(CC)OC([O-])=CCc1ccccc1.[Li+]. The van der Waals surface area contributed by atoms with Crippen molar-refractivity contribution in [2.45, 2.75) is 39.2 Å². The second kappa shape index (κ2) is 9.21. The molecule has 0 bridgehead atoms. The maximum atomic E-state index is 11.5. The summed E-state index contributed by atoms with van der Waals surface area (Å²) in [7, 11) is 0. The largest absolute Gasteiger partial charge is 1.00 e. The number of hydrogen-bond donors (Lipinski definition) is 0. The Bertz CT molecular complexity index is 318. The molecule has 0 aliphatic heterocycles. The molecule has 3 heteroatoms. The van der Waals surface area contributed by atoms with Crippen LogP contribution in [0.2, 0.25) is 0 Å². The predicted octanol–water partition coefficient (Wildman–Crippen LogP) is -0.360. The van der Waals surface area contributed by atoms with Crippen molar-refractivity contribution in [3.05, 3.63) is 47.9 Å². The molecule has 0 aliphatic carbocycles. The molecule has 0 amide bonds. The molecule has 1 rings (SSSR count). The summed E-state index contributed by atoms with van der Waals surface area (Å²) in [6.45, 7) is 4.05. The van der Waals surface area contributed by atoms with Gasteiger partial charge in [0.1, 0.15) is 0 Å². The van der Waals surface area contributed by atoms with Crippen molar-refractivity contribution in [2.75, 3.05) is 0 Å². The van der Waals surface area contributed by atoms with Gasteiger partial charge in [0.2, 0.25) is 0 Å². The first kappa shape index (κ1) is 16.2. The second-order valence-corrected chi connectivity index (χ2v) is 3.77. The third-order valence-corrected chi connectivity index (χ3v) is 2.54. The Morgan fingerprint density at radius 3 is 2.35 bits per heavy atom. The minimum atomic E-state index is -0.211. The van der Waals surface area contributed by atoms with Gasteiger partial charge in [-0.05, 0) is 24.8 Å². The van der Waals surface area contributed by atoms with Gasteiger partial charge in [-0.2, -0.15) is 0 Å². The Kier molecular flexibility index (Phi) is 8.76. The van der Waals surface area contributed by atoms with E-state index >= 15 is 0 Å². The summed E-state index contributed by atoms with van der Waals surface area (Å²) < 4.78 is 5.28. The molecule has 0 N–H and O–H groups in total. The Morgan fingerprint density at radius 2 is 1.82 bits per heavy atom. The minimum Gasteiger partial charge on any atom is -0.610 e. The van der Waals surface area contributed by atoms with E-state index in [0.29, 0.717) is 6.42 Å². The molecule has 88 valence electrons. The van der Waals surface area contributed by atoms with Gasteiger partial charge in [-0.3, -0.25) is 0 Å². The normalized spacial score (nSPS) is 11.1. The van der Waals surface area contributed by atoms with Gasteiger partial charge in [0.15, 0.2) is 0 Å². The van der Waals surface area contributed by atoms with E-state index in [0.717, 1.165) is 18.4 Å². The van der Waals surface area contributed by atoms with E-state index in [4.69, 9.17) is 4.74 Å². The number of ether oxygens (including phenoxy) is 1. The van der Waals surface area contributed by atoms with Crippen molar-refractivity contribution in [1.82, 2.24) is 0 Å². The molecular weight excluding hydrogens is 207 g/mol. The topological polar surface area (TPSA) is 32.3 Å². The molecule has 0 heterocycles. The fourth-order valence-corrected chi connectivity index (χ4v) is 1.48. The molecule has 1 aromatic rings. The molecule has 0 aromatic heterocycles. The molecule has 0 unspecified atom stereocenters. The van der Waals surface area contributed by atoms with Crippen LogP contribution in [0.1, 0.15) is 32.3 Å². The Balaban J connectivity index is 0.00000256. The average molecular weight is 226 g/mol. The molecule has 17 heavy (non-hydrogen) atoms. The maximum absolute atomic E-state index is 11.5. The summed E-state index contributed by atoms with van der Waals surface area (Å²) in [5.41, 5.74) is 1.13. The van der Waals surface area contributed by atoms with Gasteiger partial charge in [0, 0.05) is 12.0 Å². The Labute approximate surface area is 116 Å². The number of hydrogen-bond acceptors (Lipinski definition) is 2. The van der Waals surface area contributed by atoms with E-state index in [2.05, 4.69) is 0 Å². The summed E-state index contributed by atoms with van der Waals surface area (Å²) in [6.07, 6.45) is 4.05. The van der Waals surface area contributed by atoms with Crippen LogP contribution in [0, 0.1) is 0 Å². The van der Waals surface area contributed by atoms with E-state index in [1.165, 1.54) is 0 Å². The van der Waals surface area contributed by atoms with Crippen LogP contribution in [-0.2, 0) is 11.2 Å². The first-order valence-electron chi connectivity index (χ1n) is 5.84. The Hall–Kier alpha value is -0.843. The molecule has 0 aliphatic rings. The number of allylic oxidation sites excluding steroid dienone is 1. The van der Waals surface area contributed by atoms with Crippen molar-refractivity contribution in [3.8, 4) is 0 Å². The van der Waals surface area contributed by atoms with Crippen molar-refractivity contribution in [1.29, 1.82) is 0 Å². The quantitative estimate of drug-likeness (QED) is 0.490. The fraction of sp³-hybridized carbons (Fsp3) is 0.429. The zero-order valence-electron chi connectivity index (χ0n) is 11.0. The summed E-state index contributed by atoms with van der Waals surface area (Å²) >= 11 is 0. The average Bonchev–Trinajstić information content (AvgIpc) is 2.34. The van der Waals surface area contributed by atoms with E-state index in [1.54, 1.807) is 6.08 Å². The van der Waals surface area contributed by atoms with Gasteiger partial charge in [-0.15, -0.1) is 0 Å². The molecule has 0 saturated carbocycles. The van der Waals surface area contributed by atoms with E-state index < -0.39 is 0 Å². The van der Waals surface area contributed by atoms with Crippen LogP contribution in [0.5, 0.6) is 0 Å². The van der Waals surface area contributed by atoms with Crippen molar-refractivity contribution < 1.29 is 28.7 Å². The first-order valence-corrected chi connectivity index (χ1v) is 5.84. The third-order valence-electron chi connectivity index (χ3n) is 2.54. The van der Waals surface area contributed by atoms with Crippen molar-refractivity contribution in [3.63, 3.8) is 0 Å². The van der Waals surface area contributed by atoms with Crippen LogP contribution in [0.4, 0.5) is 0 Å². The van der Waals surface area contributed by atoms with Crippen molar-refractivity contribution >= 4 is 0 Å². The van der Waals surface area contributed by atoms with Crippen LogP contribution in [0.3, 0.4) is 0 Å². The number of benzene rings is 1. The van der Waals surface area contributed by atoms with Gasteiger partial charge < -0.3 is 9.84 Å². The van der Waals surface area contributed by atoms with Gasteiger partial charge in [-0.25, -0.2) is 0 Å². The maximum Gasteiger partial charge on any atom is 1.00 e. The zero-order valence-corrected chi connectivity index (χ0v) is 11.0. The standard InChI is InChI=1S/C14H20O2.Li/c1-3-13(4-2)16-14(15)11-10-12-8-6-5-7-9-12;/h5-9,11,13,15H,3-4,10H2,1-2H3;/q;+1/p-1.